The number of amides is 1. The van der Waals surface area contributed by atoms with Gasteiger partial charge in [-0.3, -0.25) is 4.79 Å². The summed E-state index contributed by atoms with van der Waals surface area (Å²) in [6.45, 7) is 2.23. The Morgan fingerprint density at radius 3 is 2.58 bits per heavy atom. The molecule has 5 nitrogen and oxygen atoms in total. The second-order valence-corrected chi connectivity index (χ2v) is 5.93. The number of carbonyl (C=O) groups is 1. The van der Waals surface area contributed by atoms with Gasteiger partial charge in [0.25, 0.3) is 5.91 Å². The zero-order chi connectivity index (χ0) is 17.0. The van der Waals surface area contributed by atoms with Crippen LogP contribution in [0.3, 0.4) is 0 Å². The van der Waals surface area contributed by atoms with Crippen LogP contribution >= 0.6 is 0 Å². The summed E-state index contributed by atoms with van der Waals surface area (Å²) in [4.78, 5) is 17.9. The molecule has 0 spiro atoms. The summed E-state index contributed by atoms with van der Waals surface area (Å²) in [7, 11) is 1.62. The number of benzene rings is 2. The molecule has 1 heterocycles. The van der Waals surface area contributed by atoms with Gasteiger partial charge in [-0.1, -0.05) is 35.5 Å². The Hall–Kier alpha value is -2.82. The van der Waals surface area contributed by atoms with Crippen molar-refractivity contribution < 1.29 is 14.4 Å². The largest absolute Gasteiger partial charge is 0.497 e. The molecular weight excluding hydrogens is 304 g/mol. The number of ether oxygens (including phenoxy) is 1. The van der Waals surface area contributed by atoms with Crippen molar-refractivity contribution in [1.29, 1.82) is 0 Å². The van der Waals surface area contributed by atoms with Crippen LogP contribution in [0.2, 0.25) is 0 Å². The molecular formula is C19H20N2O3. The Morgan fingerprint density at radius 2 is 1.92 bits per heavy atom. The Morgan fingerprint density at radius 1 is 1.21 bits per heavy atom. The summed E-state index contributed by atoms with van der Waals surface area (Å²) in [6, 6.07) is 17.3. The highest BCUT2D eigenvalue weighted by Gasteiger charge is 2.42. The normalized spacial score (nSPS) is 19.3. The first-order valence-corrected chi connectivity index (χ1v) is 7.82. The Kier molecular flexibility index (Phi) is 4.51. The lowest BCUT2D eigenvalue weighted by molar-refractivity contribution is -0.141. The molecule has 1 atom stereocenters. The van der Waals surface area contributed by atoms with Gasteiger partial charge in [-0.05, 0) is 42.3 Å². The van der Waals surface area contributed by atoms with Gasteiger partial charge in [0, 0.05) is 13.0 Å². The molecule has 1 amide bonds. The number of hydrogen-bond donors (Lipinski definition) is 1. The van der Waals surface area contributed by atoms with Crippen molar-refractivity contribution in [2.45, 2.75) is 25.5 Å². The molecule has 2 aromatic carbocycles. The third kappa shape index (κ3) is 3.40. The molecule has 0 saturated heterocycles. The lowest BCUT2D eigenvalue weighted by Gasteiger charge is -2.20. The standard InChI is InChI=1S/C19H20N2O3/c1-19(18(22)20-13-14-6-4-3-5-7-14)12-17(21-24-19)15-8-10-16(23-2)11-9-15/h3-11H,12-13H2,1-2H3,(H,20,22). The first kappa shape index (κ1) is 16.1. The van der Waals surface area contributed by atoms with E-state index in [2.05, 4.69) is 10.5 Å². The third-order valence-electron chi connectivity index (χ3n) is 4.06. The summed E-state index contributed by atoms with van der Waals surface area (Å²) in [5.41, 5.74) is 1.75. The summed E-state index contributed by atoms with van der Waals surface area (Å²) < 4.78 is 5.15. The molecule has 3 rings (SSSR count). The van der Waals surface area contributed by atoms with Gasteiger partial charge < -0.3 is 14.9 Å². The Labute approximate surface area is 141 Å². The SMILES string of the molecule is COc1ccc(C2=NOC(C)(C(=O)NCc3ccccc3)C2)cc1. The fourth-order valence-corrected chi connectivity index (χ4v) is 2.56. The second-order valence-electron chi connectivity index (χ2n) is 5.93. The van der Waals surface area contributed by atoms with Crippen LogP contribution in [0.25, 0.3) is 0 Å². The number of nitrogens with zero attached hydrogens (tertiary/aromatic N) is 1. The monoisotopic (exact) mass is 324 g/mol. The van der Waals surface area contributed by atoms with Crippen LogP contribution < -0.4 is 10.1 Å². The number of hydrogen-bond acceptors (Lipinski definition) is 4. The third-order valence-corrected chi connectivity index (χ3v) is 4.06. The van der Waals surface area contributed by atoms with Gasteiger partial charge in [0.2, 0.25) is 5.60 Å². The molecule has 5 heteroatoms. The van der Waals surface area contributed by atoms with Crippen molar-refractivity contribution in [2.75, 3.05) is 7.11 Å². The molecule has 1 unspecified atom stereocenters. The van der Waals surface area contributed by atoms with E-state index in [1.807, 2.05) is 54.6 Å². The molecule has 1 aliphatic heterocycles. The zero-order valence-electron chi connectivity index (χ0n) is 13.8. The summed E-state index contributed by atoms with van der Waals surface area (Å²) in [5.74, 6) is 0.611. The highest BCUT2D eigenvalue weighted by molar-refractivity contribution is 6.05. The van der Waals surface area contributed by atoms with E-state index in [0.29, 0.717) is 13.0 Å². The Balaban J connectivity index is 1.62. The van der Waals surface area contributed by atoms with Crippen LogP contribution in [0.1, 0.15) is 24.5 Å². The fraction of sp³-hybridized carbons (Fsp3) is 0.263. The fourth-order valence-electron chi connectivity index (χ4n) is 2.56. The van der Waals surface area contributed by atoms with Crippen LogP contribution in [0.5, 0.6) is 5.75 Å². The van der Waals surface area contributed by atoms with Crippen LogP contribution in [0.15, 0.2) is 59.8 Å². The summed E-state index contributed by atoms with van der Waals surface area (Å²) >= 11 is 0. The summed E-state index contributed by atoms with van der Waals surface area (Å²) in [6.07, 6.45) is 0.431. The zero-order valence-corrected chi connectivity index (χ0v) is 13.8. The maximum absolute atomic E-state index is 12.5. The smallest absolute Gasteiger partial charge is 0.267 e. The molecule has 0 aromatic heterocycles. The van der Waals surface area contributed by atoms with E-state index in [1.165, 1.54) is 0 Å². The number of methoxy groups -OCH3 is 1. The van der Waals surface area contributed by atoms with E-state index >= 15 is 0 Å². The van der Waals surface area contributed by atoms with Gasteiger partial charge in [-0.2, -0.15) is 0 Å². The van der Waals surface area contributed by atoms with Crippen molar-refractivity contribution in [3.8, 4) is 5.75 Å². The van der Waals surface area contributed by atoms with Crippen molar-refractivity contribution >= 4 is 11.6 Å². The summed E-state index contributed by atoms with van der Waals surface area (Å²) in [5, 5.41) is 7.02. The molecule has 0 bridgehead atoms. The minimum Gasteiger partial charge on any atom is -0.497 e. The van der Waals surface area contributed by atoms with E-state index in [1.54, 1.807) is 14.0 Å². The first-order valence-electron chi connectivity index (χ1n) is 7.82. The van der Waals surface area contributed by atoms with Gasteiger partial charge in [0.1, 0.15) is 5.75 Å². The predicted molar refractivity (Wildman–Crippen MR) is 91.9 cm³/mol. The molecule has 2 aromatic rings. The number of rotatable bonds is 5. The van der Waals surface area contributed by atoms with E-state index in [9.17, 15) is 4.79 Å². The quantitative estimate of drug-likeness (QED) is 0.920. The maximum atomic E-state index is 12.5. The number of oxime groups is 1. The molecule has 0 saturated carbocycles. The van der Waals surface area contributed by atoms with Crippen molar-refractivity contribution in [2.24, 2.45) is 5.16 Å². The van der Waals surface area contributed by atoms with Crippen LogP contribution in [0.4, 0.5) is 0 Å². The van der Waals surface area contributed by atoms with E-state index in [-0.39, 0.29) is 5.91 Å². The van der Waals surface area contributed by atoms with Gasteiger partial charge >= 0.3 is 0 Å². The number of nitrogens with one attached hydrogen (secondary N) is 1. The van der Waals surface area contributed by atoms with Gasteiger partial charge in [0.15, 0.2) is 0 Å². The van der Waals surface area contributed by atoms with Crippen molar-refractivity contribution in [3.63, 3.8) is 0 Å². The van der Waals surface area contributed by atoms with Gasteiger partial charge in [-0.15, -0.1) is 0 Å². The van der Waals surface area contributed by atoms with Crippen molar-refractivity contribution in [1.82, 2.24) is 5.32 Å². The molecule has 124 valence electrons. The molecule has 0 fully saturated rings. The average Bonchev–Trinajstić information content (AvgIpc) is 3.04. The van der Waals surface area contributed by atoms with Crippen molar-refractivity contribution in [3.05, 3.63) is 65.7 Å². The second kappa shape index (κ2) is 6.74. The lowest BCUT2D eigenvalue weighted by Crippen LogP contribution is -2.44. The Bertz CT molecular complexity index is 741. The lowest BCUT2D eigenvalue weighted by atomic mass is 9.95. The van der Waals surface area contributed by atoms with Crippen LogP contribution in [-0.4, -0.2) is 24.3 Å². The first-order chi connectivity index (χ1) is 11.6. The molecule has 0 radical (unpaired) electrons. The molecule has 1 aliphatic rings. The molecule has 24 heavy (non-hydrogen) atoms. The van der Waals surface area contributed by atoms with Gasteiger partial charge in [-0.25, -0.2) is 0 Å². The average molecular weight is 324 g/mol. The minimum atomic E-state index is -0.982. The van der Waals surface area contributed by atoms with Gasteiger partial charge in [0.05, 0.1) is 12.8 Å². The highest BCUT2D eigenvalue weighted by Crippen LogP contribution is 2.27. The highest BCUT2D eigenvalue weighted by atomic mass is 16.7. The predicted octanol–water partition coefficient (Wildman–Crippen LogP) is 2.89. The maximum Gasteiger partial charge on any atom is 0.267 e. The topological polar surface area (TPSA) is 59.9 Å². The van der Waals surface area contributed by atoms with Crippen LogP contribution in [0, 0.1) is 0 Å². The molecule has 0 aliphatic carbocycles. The minimum absolute atomic E-state index is 0.168. The van der Waals surface area contributed by atoms with E-state index in [4.69, 9.17) is 9.57 Å². The number of carbonyl (C=O) groups excluding carboxylic acids is 1. The van der Waals surface area contributed by atoms with E-state index < -0.39 is 5.60 Å². The van der Waals surface area contributed by atoms with E-state index in [0.717, 1.165) is 22.6 Å². The van der Waals surface area contributed by atoms with Crippen LogP contribution in [-0.2, 0) is 16.2 Å². The molecule has 1 N–H and O–H groups in total.